The number of pyridine rings is 1. The Morgan fingerprint density at radius 1 is 1.71 bits per heavy atom. The Bertz CT molecular complexity index is 320. The van der Waals surface area contributed by atoms with Crippen molar-refractivity contribution in [1.29, 1.82) is 0 Å². The van der Waals surface area contributed by atoms with E-state index in [0.29, 0.717) is 5.82 Å². The molecule has 0 aliphatic rings. The van der Waals surface area contributed by atoms with Gasteiger partial charge >= 0.3 is 0 Å². The summed E-state index contributed by atoms with van der Waals surface area (Å²) in [7, 11) is 1.91. The number of nitrogens with zero attached hydrogens (tertiary/aromatic N) is 1. The van der Waals surface area contributed by atoms with Crippen LogP contribution >= 0.6 is 0 Å². The summed E-state index contributed by atoms with van der Waals surface area (Å²) in [5.74, 6) is 0.594. The number of anilines is 1. The lowest BCUT2D eigenvalue weighted by Crippen LogP contribution is -2.17. The molecule has 0 fully saturated rings. The fourth-order valence-electron chi connectivity index (χ4n) is 1.45. The van der Waals surface area contributed by atoms with Gasteiger partial charge in [-0.3, -0.25) is 0 Å². The van der Waals surface area contributed by atoms with Gasteiger partial charge in [0, 0.05) is 17.8 Å². The summed E-state index contributed by atoms with van der Waals surface area (Å²) in [6.45, 7) is 5.74. The quantitative estimate of drug-likeness (QED) is 0.714. The molecule has 0 aliphatic heterocycles. The van der Waals surface area contributed by atoms with Crippen LogP contribution in [-0.4, -0.2) is 12.0 Å². The molecule has 14 heavy (non-hydrogen) atoms. The van der Waals surface area contributed by atoms with Crippen LogP contribution in [0.4, 0.5) is 5.82 Å². The van der Waals surface area contributed by atoms with Gasteiger partial charge in [0.2, 0.25) is 0 Å². The molecule has 1 unspecified atom stereocenters. The molecule has 1 aromatic rings. The molecule has 0 aromatic carbocycles. The first kappa shape index (κ1) is 10.7. The predicted molar refractivity (Wildman–Crippen MR) is 60.0 cm³/mol. The number of aryl methyl sites for hydroxylation is 1. The van der Waals surface area contributed by atoms with E-state index in [1.54, 1.807) is 6.20 Å². The number of rotatable bonds is 4. The molecule has 1 atom stereocenters. The number of hydrogen-bond donors (Lipinski definition) is 2. The first-order valence-corrected chi connectivity index (χ1v) is 4.69. The van der Waals surface area contributed by atoms with Crippen molar-refractivity contribution in [1.82, 2.24) is 10.3 Å². The van der Waals surface area contributed by atoms with Crippen molar-refractivity contribution in [2.24, 2.45) is 0 Å². The first-order chi connectivity index (χ1) is 6.69. The largest absolute Gasteiger partial charge is 0.383 e. The summed E-state index contributed by atoms with van der Waals surface area (Å²) in [6, 6.07) is 2.27. The Morgan fingerprint density at radius 3 is 3.00 bits per heavy atom. The number of nitrogens with one attached hydrogen (secondary N) is 1. The van der Waals surface area contributed by atoms with Crippen LogP contribution in [-0.2, 0) is 0 Å². The monoisotopic (exact) mass is 191 g/mol. The van der Waals surface area contributed by atoms with E-state index in [-0.39, 0.29) is 6.04 Å². The smallest absolute Gasteiger partial charge is 0.128 e. The van der Waals surface area contributed by atoms with E-state index in [1.807, 2.05) is 20.0 Å². The van der Waals surface area contributed by atoms with Crippen LogP contribution < -0.4 is 11.1 Å². The van der Waals surface area contributed by atoms with Crippen molar-refractivity contribution in [3.8, 4) is 0 Å². The van der Waals surface area contributed by atoms with E-state index in [2.05, 4.69) is 22.9 Å². The minimum atomic E-state index is 0.208. The van der Waals surface area contributed by atoms with Gasteiger partial charge in [-0.15, -0.1) is 6.58 Å². The van der Waals surface area contributed by atoms with Crippen molar-refractivity contribution in [2.75, 3.05) is 12.8 Å². The lowest BCUT2D eigenvalue weighted by Gasteiger charge is -2.16. The Hall–Kier alpha value is -1.35. The second-order valence-corrected chi connectivity index (χ2v) is 3.35. The first-order valence-electron chi connectivity index (χ1n) is 4.69. The van der Waals surface area contributed by atoms with Crippen LogP contribution in [0.3, 0.4) is 0 Å². The Kier molecular flexibility index (Phi) is 3.65. The van der Waals surface area contributed by atoms with Crippen LogP contribution in [0.5, 0.6) is 0 Å². The molecule has 1 aromatic heterocycles. The molecule has 0 saturated heterocycles. The van der Waals surface area contributed by atoms with E-state index in [9.17, 15) is 0 Å². The van der Waals surface area contributed by atoms with E-state index in [1.165, 1.54) is 0 Å². The normalized spacial score (nSPS) is 12.4. The van der Waals surface area contributed by atoms with Gasteiger partial charge in [-0.05, 0) is 32.0 Å². The van der Waals surface area contributed by atoms with Crippen molar-refractivity contribution in [2.45, 2.75) is 19.4 Å². The van der Waals surface area contributed by atoms with Crippen LogP contribution in [0, 0.1) is 6.92 Å². The molecule has 0 aliphatic carbocycles. The van der Waals surface area contributed by atoms with E-state index in [0.717, 1.165) is 17.5 Å². The Labute approximate surface area is 85.0 Å². The molecule has 0 saturated carbocycles. The van der Waals surface area contributed by atoms with E-state index >= 15 is 0 Å². The van der Waals surface area contributed by atoms with Gasteiger partial charge in [-0.1, -0.05) is 6.08 Å². The molecular weight excluding hydrogens is 174 g/mol. The van der Waals surface area contributed by atoms with Gasteiger partial charge in [-0.2, -0.15) is 0 Å². The van der Waals surface area contributed by atoms with Crippen molar-refractivity contribution in [3.63, 3.8) is 0 Å². The highest BCUT2D eigenvalue weighted by Crippen LogP contribution is 2.22. The summed E-state index contributed by atoms with van der Waals surface area (Å²) in [5.41, 5.74) is 7.98. The molecule has 3 N–H and O–H groups in total. The second kappa shape index (κ2) is 4.77. The van der Waals surface area contributed by atoms with E-state index in [4.69, 9.17) is 5.73 Å². The molecule has 1 rings (SSSR count). The summed E-state index contributed by atoms with van der Waals surface area (Å²) in [5, 5.41) is 3.20. The van der Waals surface area contributed by atoms with Crippen LogP contribution in [0.2, 0.25) is 0 Å². The summed E-state index contributed by atoms with van der Waals surface area (Å²) in [4.78, 5) is 4.13. The highest BCUT2D eigenvalue weighted by atomic mass is 14.9. The molecule has 3 heteroatoms. The molecule has 0 radical (unpaired) electrons. The van der Waals surface area contributed by atoms with Crippen molar-refractivity contribution < 1.29 is 0 Å². The molecule has 76 valence electrons. The second-order valence-electron chi connectivity index (χ2n) is 3.35. The Balaban J connectivity index is 3.01. The summed E-state index contributed by atoms with van der Waals surface area (Å²) in [6.07, 6.45) is 4.51. The predicted octanol–water partition coefficient (Wildman–Crippen LogP) is 1.81. The molecule has 0 amide bonds. The molecule has 0 spiro atoms. The third-order valence-corrected chi connectivity index (χ3v) is 2.21. The summed E-state index contributed by atoms with van der Waals surface area (Å²) < 4.78 is 0. The van der Waals surface area contributed by atoms with Gasteiger partial charge in [0.15, 0.2) is 0 Å². The number of nitrogens with two attached hydrogens (primary N) is 1. The molecule has 1 heterocycles. The number of nitrogen functional groups attached to an aromatic ring is 1. The SMILES string of the molecule is C=CCC(NC)c1cc(C)cnc1N. The van der Waals surface area contributed by atoms with Crippen LogP contribution in [0.1, 0.15) is 23.6 Å². The third kappa shape index (κ3) is 2.33. The highest BCUT2D eigenvalue weighted by Gasteiger charge is 2.11. The van der Waals surface area contributed by atoms with Crippen molar-refractivity contribution >= 4 is 5.82 Å². The lowest BCUT2D eigenvalue weighted by atomic mass is 10.0. The average Bonchev–Trinajstić information content (AvgIpc) is 2.18. The zero-order valence-electron chi connectivity index (χ0n) is 8.75. The lowest BCUT2D eigenvalue weighted by molar-refractivity contribution is 0.603. The van der Waals surface area contributed by atoms with Gasteiger partial charge in [0.1, 0.15) is 5.82 Å². The molecule has 0 bridgehead atoms. The number of hydrogen-bond acceptors (Lipinski definition) is 3. The molecule has 3 nitrogen and oxygen atoms in total. The van der Waals surface area contributed by atoms with Crippen LogP contribution in [0.25, 0.3) is 0 Å². The van der Waals surface area contributed by atoms with Gasteiger partial charge in [0.25, 0.3) is 0 Å². The Morgan fingerprint density at radius 2 is 2.43 bits per heavy atom. The fourth-order valence-corrected chi connectivity index (χ4v) is 1.45. The average molecular weight is 191 g/mol. The zero-order valence-corrected chi connectivity index (χ0v) is 8.75. The highest BCUT2D eigenvalue weighted by molar-refractivity contribution is 5.43. The van der Waals surface area contributed by atoms with E-state index < -0.39 is 0 Å². The maximum atomic E-state index is 5.81. The standard InChI is InChI=1S/C11H17N3/c1-4-5-10(13-3)9-6-8(2)7-14-11(9)12/h4,6-7,10,13H,1,5H2,2-3H3,(H2,12,14). The zero-order chi connectivity index (χ0) is 10.6. The van der Waals surface area contributed by atoms with Gasteiger partial charge < -0.3 is 11.1 Å². The van der Waals surface area contributed by atoms with Crippen LogP contribution in [0.15, 0.2) is 24.9 Å². The third-order valence-electron chi connectivity index (χ3n) is 2.21. The maximum Gasteiger partial charge on any atom is 0.128 e. The van der Waals surface area contributed by atoms with Gasteiger partial charge in [-0.25, -0.2) is 4.98 Å². The summed E-state index contributed by atoms with van der Waals surface area (Å²) >= 11 is 0. The topological polar surface area (TPSA) is 50.9 Å². The van der Waals surface area contributed by atoms with Gasteiger partial charge in [0.05, 0.1) is 0 Å². The molecular formula is C11H17N3. The minimum Gasteiger partial charge on any atom is -0.383 e. The number of aromatic nitrogens is 1. The maximum absolute atomic E-state index is 5.81. The fraction of sp³-hybridized carbons (Fsp3) is 0.364. The van der Waals surface area contributed by atoms with Crippen molar-refractivity contribution in [3.05, 3.63) is 36.0 Å². The minimum absolute atomic E-state index is 0.208.